The largest absolute Gasteiger partial charge is 0.478 e. The van der Waals surface area contributed by atoms with E-state index in [-0.39, 0.29) is 6.04 Å². The second-order valence-electron chi connectivity index (χ2n) is 4.12. The molecule has 1 aromatic rings. The summed E-state index contributed by atoms with van der Waals surface area (Å²) in [5.41, 5.74) is 0. The maximum atomic E-state index is 5.78. The Bertz CT molecular complexity index is 333. The predicted molar refractivity (Wildman–Crippen MR) is 70.8 cm³/mol. The van der Waals surface area contributed by atoms with Gasteiger partial charge >= 0.3 is 0 Å². The van der Waals surface area contributed by atoms with Gasteiger partial charge in [0.15, 0.2) is 0 Å². The third-order valence-electron chi connectivity index (χ3n) is 2.46. The Morgan fingerprint density at radius 2 is 2.24 bits per heavy atom. The van der Waals surface area contributed by atoms with Crippen molar-refractivity contribution in [2.45, 2.75) is 33.2 Å². The van der Waals surface area contributed by atoms with E-state index in [1.807, 2.05) is 6.92 Å². The van der Waals surface area contributed by atoms with E-state index in [2.05, 4.69) is 29.1 Å². The smallest absolute Gasteiger partial charge is 0.226 e. The Kier molecular flexibility index (Phi) is 6.05. The minimum absolute atomic E-state index is 0.282. The van der Waals surface area contributed by atoms with Crippen molar-refractivity contribution in [2.75, 3.05) is 17.8 Å². The fraction of sp³-hybridized carbons (Fsp3) is 0.667. The molecule has 5 heteroatoms. The van der Waals surface area contributed by atoms with Crippen molar-refractivity contribution in [1.29, 1.82) is 0 Å². The van der Waals surface area contributed by atoms with E-state index in [1.54, 1.807) is 12.3 Å². The maximum Gasteiger partial charge on any atom is 0.226 e. The van der Waals surface area contributed by atoms with Gasteiger partial charge in [-0.15, -0.1) is 11.6 Å². The first-order valence-corrected chi connectivity index (χ1v) is 6.49. The van der Waals surface area contributed by atoms with E-state index in [0.717, 1.165) is 6.42 Å². The molecule has 0 radical (unpaired) electrons. The Morgan fingerprint density at radius 3 is 2.82 bits per heavy atom. The molecule has 0 aliphatic rings. The number of hydrogen-bond donors (Lipinski definition) is 1. The van der Waals surface area contributed by atoms with Crippen LogP contribution in [0.3, 0.4) is 0 Å². The molecule has 1 rings (SSSR count). The van der Waals surface area contributed by atoms with Gasteiger partial charge in [-0.25, -0.2) is 4.98 Å². The number of halogens is 1. The molecule has 1 aromatic heterocycles. The standard InChI is InChI=1S/C12H20ClN3O/c1-4-17-11-6-8-14-12(16-11)15-10(5-7-13)9(2)3/h6,8-10H,4-5,7H2,1-3H3,(H,14,15,16). The molecule has 1 N–H and O–H groups in total. The van der Waals surface area contributed by atoms with E-state index in [4.69, 9.17) is 16.3 Å². The number of rotatable bonds is 7. The van der Waals surface area contributed by atoms with Crippen LogP contribution in [-0.2, 0) is 0 Å². The fourth-order valence-corrected chi connectivity index (χ4v) is 1.73. The van der Waals surface area contributed by atoms with Crippen LogP contribution in [0.5, 0.6) is 5.88 Å². The zero-order valence-corrected chi connectivity index (χ0v) is 11.4. The molecule has 0 saturated carbocycles. The van der Waals surface area contributed by atoms with Gasteiger partial charge in [-0.05, 0) is 19.3 Å². The number of aromatic nitrogens is 2. The van der Waals surface area contributed by atoms with Crippen molar-refractivity contribution in [3.8, 4) is 5.88 Å². The molecule has 0 spiro atoms. The van der Waals surface area contributed by atoms with Crippen LogP contribution in [0, 0.1) is 5.92 Å². The average molecular weight is 258 g/mol. The molecule has 0 aliphatic heterocycles. The number of alkyl halides is 1. The average Bonchev–Trinajstić information content (AvgIpc) is 2.29. The summed E-state index contributed by atoms with van der Waals surface area (Å²) in [7, 11) is 0. The summed E-state index contributed by atoms with van der Waals surface area (Å²) in [5.74, 6) is 2.30. The molecule has 0 aliphatic carbocycles. The second-order valence-corrected chi connectivity index (χ2v) is 4.50. The van der Waals surface area contributed by atoms with Crippen LogP contribution in [0.25, 0.3) is 0 Å². The molecule has 1 atom stereocenters. The predicted octanol–water partition coefficient (Wildman–Crippen LogP) is 2.94. The Labute approximate surface area is 108 Å². The first kappa shape index (κ1) is 14.0. The van der Waals surface area contributed by atoms with Gasteiger partial charge in [0.2, 0.25) is 11.8 Å². The maximum absolute atomic E-state index is 5.78. The van der Waals surface area contributed by atoms with E-state index < -0.39 is 0 Å². The van der Waals surface area contributed by atoms with Crippen LogP contribution in [0.4, 0.5) is 5.95 Å². The number of ether oxygens (including phenoxy) is 1. The summed E-state index contributed by atoms with van der Waals surface area (Å²) in [4.78, 5) is 8.46. The Hall–Kier alpha value is -1.03. The quantitative estimate of drug-likeness (QED) is 0.763. The van der Waals surface area contributed by atoms with Gasteiger partial charge in [0.05, 0.1) is 6.61 Å². The van der Waals surface area contributed by atoms with Crippen LogP contribution >= 0.6 is 11.6 Å². The lowest BCUT2D eigenvalue weighted by molar-refractivity contribution is 0.326. The summed E-state index contributed by atoms with van der Waals surface area (Å²) in [6.45, 7) is 6.83. The molecular formula is C12H20ClN3O. The van der Waals surface area contributed by atoms with Gasteiger partial charge in [-0.3, -0.25) is 0 Å². The van der Waals surface area contributed by atoms with Crippen molar-refractivity contribution >= 4 is 17.5 Å². The van der Waals surface area contributed by atoms with Crippen LogP contribution in [0.2, 0.25) is 0 Å². The molecule has 0 saturated heterocycles. The lowest BCUT2D eigenvalue weighted by atomic mass is 10.0. The highest BCUT2D eigenvalue weighted by atomic mass is 35.5. The summed E-state index contributed by atoms with van der Waals surface area (Å²) in [5, 5.41) is 3.29. The third-order valence-corrected chi connectivity index (χ3v) is 2.68. The van der Waals surface area contributed by atoms with Crippen molar-refractivity contribution in [2.24, 2.45) is 5.92 Å². The molecular weight excluding hydrogens is 238 g/mol. The summed E-state index contributed by atoms with van der Waals surface area (Å²) < 4.78 is 5.33. The second kappa shape index (κ2) is 7.33. The fourth-order valence-electron chi connectivity index (χ4n) is 1.50. The molecule has 96 valence electrons. The molecule has 17 heavy (non-hydrogen) atoms. The van der Waals surface area contributed by atoms with Crippen LogP contribution in [-0.4, -0.2) is 28.5 Å². The molecule has 0 aromatic carbocycles. The summed E-state index contributed by atoms with van der Waals surface area (Å²) in [6.07, 6.45) is 2.58. The highest BCUT2D eigenvalue weighted by molar-refractivity contribution is 6.17. The number of anilines is 1. The highest BCUT2D eigenvalue weighted by Gasteiger charge is 2.13. The van der Waals surface area contributed by atoms with Crippen molar-refractivity contribution in [3.63, 3.8) is 0 Å². The lowest BCUT2D eigenvalue weighted by Gasteiger charge is -2.21. The minimum Gasteiger partial charge on any atom is -0.478 e. The zero-order valence-electron chi connectivity index (χ0n) is 10.6. The topological polar surface area (TPSA) is 47.0 Å². The molecule has 0 fully saturated rings. The minimum atomic E-state index is 0.282. The molecule has 1 heterocycles. The normalized spacial score (nSPS) is 12.5. The van der Waals surface area contributed by atoms with E-state index >= 15 is 0 Å². The molecule has 0 amide bonds. The SMILES string of the molecule is CCOc1ccnc(NC(CCCl)C(C)C)n1. The van der Waals surface area contributed by atoms with Gasteiger partial charge in [0, 0.05) is 24.2 Å². The third kappa shape index (κ3) is 4.77. The zero-order chi connectivity index (χ0) is 12.7. The Morgan fingerprint density at radius 1 is 1.47 bits per heavy atom. The van der Waals surface area contributed by atoms with Crippen LogP contribution < -0.4 is 10.1 Å². The van der Waals surface area contributed by atoms with Crippen molar-refractivity contribution < 1.29 is 4.74 Å². The highest BCUT2D eigenvalue weighted by Crippen LogP contribution is 2.14. The van der Waals surface area contributed by atoms with Gasteiger partial charge in [0.1, 0.15) is 0 Å². The van der Waals surface area contributed by atoms with E-state index in [0.29, 0.717) is 30.2 Å². The Balaban J connectivity index is 2.68. The van der Waals surface area contributed by atoms with Gasteiger partial charge < -0.3 is 10.1 Å². The first-order chi connectivity index (χ1) is 8.17. The number of nitrogens with one attached hydrogen (secondary N) is 1. The van der Waals surface area contributed by atoms with E-state index in [1.165, 1.54) is 0 Å². The summed E-state index contributed by atoms with van der Waals surface area (Å²) >= 11 is 5.78. The summed E-state index contributed by atoms with van der Waals surface area (Å²) in [6, 6.07) is 2.03. The van der Waals surface area contributed by atoms with Crippen molar-refractivity contribution in [3.05, 3.63) is 12.3 Å². The van der Waals surface area contributed by atoms with Crippen LogP contribution in [0.15, 0.2) is 12.3 Å². The van der Waals surface area contributed by atoms with E-state index in [9.17, 15) is 0 Å². The number of nitrogens with zero attached hydrogens (tertiary/aromatic N) is 2. The van der Waals surface area contributed by atoms with Crippen LogP contribution in [0.1, 0.15) is 27.2 Å². The number of hydrogen-bond acceptors (Lipinski definition) is 4. The first-order valence-electron chi connectivity index (χ1n) is 5.95. The lowest BCUT2D eigenvalue weighted by Crippen LogP contribution is -2.27. The van der Waals surface area contributed by atoms with Gasteiger partial charge in [0.25, 0.3) is 0 Å². The monoisotopic (exact) mass is 257 g/mol. The molecule has 0 bridgehead atoms. The molecule has 4 nitrogen and oxygen atoms in total. The van der Waals surface area contributed by atoms with Crippen molar-refractivity contribution in [1.82, 2.24) is 9.97 Å². The molecule has 1 unspecified atom stereocenters. The van der Waals surface area contributed by atoms with Gasteiger partial charge in [-0.1, -0.05) is 13.8 Å². The van der Waals surface area contributed by atoms with Gasteiger partial charge in [-0.2, -0.15) is 4.98 Å².